The van der Waals surface area contributed by atoms with Gasteiger partial charge in [0.1, 0.15) is 6.29 Å². The summed E-state index contributed by atoms with van der Waals surface area (Å²) in [5.74, 6) is 0. The van der Waals surface area contributed by atoms with E-state index in [9.17, 15) is 4.79 Å². The molecule has 0 rings (SSSR count). The summed E-state index contributed by atoms with van der Waals surface area (Å²) in [7, 11) is 1.67. The van der Waals surface area contributed by atoms with E-state index in [1.54, 1.807) is 7.11 Å². The third kappa shape index (κ3) is 4.73. The summed E-state index contributed by atoms with van der Waals surface area (Å²) in [6.07, 6.45) is 3.68. The zero-order valence-electron chi connectivity index (χ0n) is 7.30. The van der Waals surface area contributed by atoms with Gasteiger partial charge in [-0.3, -0.25) is 4.79 Å². The topological polar surface area (TPSA) is 26.3 Å². The molecule has 0 spiro atoms. The van der Waals surface area contributed by atoms with E-state index in [0.717, 1.165) is 19.1 Å². The molecule has 2 nitrogen and oxygen atoms in total. The predicted molar refractivity (Wildman–Crippen MR) is 45.5 cm³/mol. The van der Waals surface area contributed by atoms with Gasteiger partial charge in [0.05, 0.1) is 6.10 Å². The van der Waals surface area contributed by atoms with Crippen molar-refractivity contribution in [1.29, 1.82) is 0 Å². The fourth-order valence-corrected chi connectivity index (χ4v) is 0.966. The van der Waals surface area contributed by atoms with Crippen LogP contribution in [-0.4, -0.2) is 19.5 Å². The van der Waals surface area contributed by atoms with Crippen molar-refractivity contribution in [2.45, 2.75) is 32.3 Å². The van der Waals surface area contributed by atoms with Crippen LogP contribution in [0.3, 0.4) is 0 Å². The van der Waals surface area contributed by atoms with Gasteiger partial charge >= 0.3 is 0 Å². The zero-order chi connectivity index (χ0) is 8.69. The van der Waals surface area contributed by atoms with E-state index in [-0.39, 0.29) is 6.10 Å². The van der Waals surface area contributed by atoms with Crippen LogP contribution in [-0.2, 0) is 9.53 Å². The summed E-state index contributed by atoms with van der Waals surface area (Å²) >= 11 is 0. The highest BCUT2D eigenvalue weighted by atomic mass is 16.5. The average molecular weight is 156 g/mol. The van der Waals surface area contributed by atoms with Crippen molar-refractivity contribution >= 4 is 6.29 Å². The first-order chi connectivity index (χ1) is 5.24. The first-order valence-corrected chi connectivity index (χ1v) is 3.90. The molecule has 0 aliphatic heterocycles. The number of hydrogen-bond acceptors (Lipinski definition) is 2. The van der Waals surface area contributed by atoms with Crippen molar-refractivity contribution in [2.24, 2.45) is 0 Å². The van der Waals surface area contributed by atoms with Crippen LogP contribution in [0, 0.1) is 0 Å². The molecule has 11 heavy (non-hydrogen) atoms. The molecule has 1 unspecified atom stereocenters. The van der Waals surface area contributed by atoms with Crippen LogP contribution in [0.2, 0.25) is 0 Å². The number of aldehydes is 1. The van der Waals surface area contributed by atoms with Crippen LogP contribution in [0.5, 0.6) is 0 Å². The highest BCUT2D eigenvalue weighted by molar-refractivity contribution is 5.71. The van der Waals surface area contributed by atoms with Crippen molar-refractivity contribution in [2.75, 3.05) is 7.11 Å². The summed E-state index contributed by atoms with van der Waals surface area (Å²) in [4.78, 5) is 10.2. The Morgan fingerprint density at radius 1 is 1.73 bits per heavy atom. The van der Waals surface area contributed by atoms with Crippen LogP contribution in [0.4, 0.5) is 0 Å². The van der Waals surface area contributed by atoms with E-state index in [4.69, 9.17) is 4.74 Å². The van der Waals surface area contributed by atoms with Crippen molar-refractivity contribution in [1.82, 2.24) is 0 Å². The lowest BCUT2D eigenvalue weighted by molar-refractivity contribution is -0.105. The molecule has 0 aliphatic carbocycles. The molecule has 0 N–H and O–H groups in total. The van der Waals surface area contributed by atoms with Crippen molar-refractivity contribution in [3.05, 3.63) is 12.2 Å². The molecule has 0 aromatic rings. The molecule has 0 amide bonds. The second-order valence-electron chi connectivity index (χ2n) is 2.63. The molecule has 0 aromatic carbocycles. The highest BCUT2D eigenvalue weighted by Crippen LogP contribution is 2.09. The average Bonchev–Trinajstić information content (AvgIpc) is 2.03. The highest BCUT2D eigenvalue weighted by Gasteiger charge is 2.06. The van der Waals surface area contributed by atoms with Gasteiger partial charge in [0.15, 0.2) is 0 Å². The Bertz CT molecular complexity index is 130. The standard InChI is InChI=1S/C9H16O2/c1-4-5-9(11-3)6-8(2)7-10/h7,9H,2,4-6H2,1,3H3. The van der Waals surface area contributed by atoms with Gasteiger partial charge in [-0.15, -0.1) is 0 Å². The molecule has 1 atom stereocenters. The van der Waals surface area contributed by atoms with Crippen molar-refractivity contribution in [3.63, 3.8) is 0 Å². The molecule has 0 aromatic heterocycles. The van der Waals surface area contributed by atoms with Gasteiger partial charge in [0.2, 0.25) is 0 Å². The largest absolute Gasteiger partial charge is 0.381 e. The SMILES string of the molecule is C=C(C=O)CC(CCC)OC. The van der Waals surface area contributed by atoms with Gasteiger partial charge in [-0.05, 0) is 12.0 Å². The van der Waals surface area contributed by atoms with Gasteiger partial charge in [0.25, 0.3) is 0 Å². The number of rotatable bonds is 6. The molecular formula is C9H16O2. The van der Waals surface area contributed by atoms with Crippen LogP contribution in [0.1, 0.15) is 26.2 Å². The number of carbonyl (C=O) groups excluding carboxylic acids is 1. The summed E-state index contributed by atoms with van der Waals surface area (Å²) in [5.41, 5.74) is 0.616. The van der Waals surface area contributed by atoms with E-state index in [2.05, 4.69) is 13.5 Å². The molecule has 0 aliphatic rings. The minimum Gasteiger partial charge on any atom is -0.381 e. The van der Waals surface area contributed by atoms with E-state index >= 15 is 0 Å². The quantitative estimate of drug-likeness (QED) is 0.434. The van der Waals surface area contributed by atoms with Gasteiger partial charge in [-0.25, -0.2) is 0 Å². The molecule has 0 radical (unpaired) electrons. The van der Waals surface area contributed by atoms with Crippen LogP contribution < -0.4 is 0 Å². The summed E-state index contributed by atoms with van der Waals surface area (Å²) in [5, 5.41) is 0. The Labute approximate surface area is 68.2 Å². The van der Waals surface area contributed by atoms with Gasteiger partial charge in [-0.1, -0.05) is 19.9 Å². The lowest BCUT2D eigenvalue weighted by atomic mass is 10.1. The summed E-state index contributed by atoms with van der Waals surface area (Å²) < 4.78 is 5.14. The smallest absolute Gasteiger partial charge is 0.145 e. The van der Waals surface area contributed by atoms with E-state index in [1.807, 2.05) is 0 Å². The Morgan fingerprint density at radius 2 is 2.36 bits per heavy atom. The Hall–Kier alpha value is -0.630. The molecule has 0 heterocycles. The summed E-state index contributed by atoms with van der Waals surface area (Å²) in [6.45, 7) is 5.69. The number of hydrogen-bond donors (Lipinski definition) is 0. The fraction of sp³-hybridized carbons (Fsp3) is 0.667. The number of ether oxygens (including phenoxy) is 1. The summed E-state index contributed by atoms with van der Waals surface area (Å²) in [6, 6.07) is 0. The maximum absolute atomic E-state index is 10.2. The maximum atomic E-state index is 10.2. The van der Waals surface area contributed by atoms with E-state index in [0.29, 0.717) is 12.0 Å². The first-order valence-electron chi connectivity index (χ1n) is 3.90. The van der Waals surface area contributed by atoms with Crippen molar-refractivity contribution in [3.8, 4) is 0 Å². The second kappa shape index (κ2) is 6.10. The minimum absolute atomic E-state index is 0.165. The molecule has 0 saturated heterocycles. The zero-order valence-corrected chi connectivity index (χ0v) is 7.30. The Kier molecular flexibility index (Phi) is 5.75. The normalized spacial score (nSPS) is 12.5. The molecule has 2 heteroatoms. The van der Waals surface area contributed by atoms with E-state index in [1.165, 1.54) is 0 Å². The third-order valence-electron chi connectivity index (χ3n) is 1.60. The van der Waals surface area contributed by atoms with E-state index < -0.39 is 0 Å². The van der Waals surface area contributed by atoms with Gasteiger partial charge < -0.3 is 4.74 Å². The minimum atomic E-state index is 0.165. The lowest BCUT2D eigenvalue weighted by Gasteiger charge is -2.12. The van der Waals surface area contributed by atoms with Gasteiger partial charge in [-0.2, -0.15) is 0 Å². The van der Waals surface area contributed by atoms with Gasteiger partial charge in [0, 0.05) is 13.5 Å². The second-order valence-corrected chi connectivity index (χ2v) is 2.63. The first kappa shape index (κ1) is 10.4. The Morgan fingerprint density at radius 3 is 2.73 bits per heavy atom. The molecule has 64 valence electrons. The monoisotopic (exact) mass is 156 g/mol. The van der Waals surface area contributed by atoms with Crippen molar-refractivity contribution < 1.29 is 9.53 Å². The van der Waals surface area contributed by atoms with Crippen LogP contribution in [0.15, 0.2) is 12.2 Å². The number of methoxy groups -OCH3 is 1. The third-order valence-corrected chi connectivity index (χ3v) is 1.60. The number of carbonyl (C=O) groups is 1. The lowest BCUT2D eigenvalue weighted by Crippen LogP contribution is -2.11. The molecule has 0 bridgehead atoms. The molecule has 0 fully saturated rings. The fourth-order valence-electron chi connectivity index (χ4n) is 0.966. The maximum Gasteiger partial charge on any atom is 0.145 e. The molecular weight excluding hydrogens is 140 g/mol. The van der Waals surface area contributed by atoms with Crippen LogP contribution >= 0.6 is 0 Å². The van der Waals surface area contributed by atoms with Crippen LogP contribution in [0.25, 0.3) is 0 Å². The molecule has 0 saturated carbocycles. The predicted octanol–water partition coefficient (Wildman–Crippen LogP) is 1.95. The Balaban J connectivity index is 3.67.